The fourth-order valence-electron chi connectivity index (χ4n) is 2.65. The molecule has 0 bridgehead atoms. The summed E-state index contributed by atoms with van der Waals surface area (Å²) >= 11 is 13.6. The molecule has 0 aliphatic heterocycles. The molecule has 27 heavy (non-hydrogen) atoms. The molecule has 0 spiro atoms. The highest BCUT2D eigenvalue weighted by Gasteiger charge is 2.32. The number of benzene rings is 2. The van der Waals surface area contributed by atoms with Gasteiger partial charge in [0.2, 0.25) is 15.9 Å². The van der Waals surface area contributed by atoms with Gasteiger partial charge in [0.25, 0.3) is 0 Å². The van der Waals surface area contributed by atoms with E-state index in [0.29, 0.717) is 5.69 Å². The number of hydrogen-bond donors (Lipinski definition) is 1. The van der Waals surface area contributed by atoms with Gasteiger partial charge in [-0.05, 0) is 49.1 Å². The van der Waals surface area contributed by atoms with E-state index in [1.165, 1.54) is 18.2 Å². The summed E-state index contributed by atoms with van der Waals surface area (Å²) in [5, 5.41) is 3.37. The maximum absolute atomic E-state index is 12.9. The first-order valence-corrected chi connectivity index (χ1v) is 11.9. The van der Waals surface area contributed by atoms with Crippen molar-refractivity contribution in [3.63, 3.8) is 0 Å². The van der Waals surface area contributed by atoms with Gasteiger partial charge in [0, 0.05) is 20.6 Å². The minimum absolute atomic E-state index is 0.245. The molecule has 2 aromatic rings. The van der Waals surface area contributed by atoms with Crippen molar-refractivity contribution in [2.24, 2.45) is 0 Å². The van der Waals surface area contributed by atoms with Crippen LogP contribution >= 0.6 is 35.0 Å². The highest BCUT2D eigenvalue weighted by Crippen LogP contribution is 2.30. The van der Waals surface area contributed by atoms with E-state index in [-0.39, 0.29) is 22.2 Å². The second-order valence-electron chi connectivity index (χ2n) is 5.83. The third-order valence-corrected chi connectivity index (χ3v) is 6.11. The topological polar surface area (TPSA) is 66.5 Å². The van der Waals surface area contributed by atoms with Crippen LogP contribution in [0.3, 0.4) is 0 Å². The van der Waals surface area contributed by atoms with Crippen LogP contribution in [-0.4, -0.2) is 32.9 Å². The average molecular weight is 447 g/mol. The zero-order valence-corrected chi connectivity index (χ0v) is 18.2. The maximum Gasteiger partial charge on any atom is 0.248 e. The molecular weight excluding hydrogens is 427 g/mol. The molecule has 0 saturated heterocycles. The standard InChI is InChI=1S/C18H20Cl2N2O3S2/c1-4-17(18(23)21-14-6-5-7-16(11-14)26-2)22(27(3,24)25)15-9-12(19)8-13(20)10-15/h5-11,17H,4H2,1-3H3,(H,21,23)/t17-/m1/s1. The highest BCUT2D eigenvalue weighted by molar-refractivity contribution is 7.98. The Labute approximate surface area is 174 Å². The highest BCUT2D eigenvalue weighted by atomic mass is 35.5. The molecule has 0 saturated carbocycles. The molecule has 0 aromatic heterocycles. The van der Waals surface area contributed by atoms with Crippen molar-refractivity contribution in [2.45, 2.75) is 24.3 Å². The number of rotatable bonds is 7. The van der Waals surface area contributed by atoms with Crippen molar-refractivity contribution in [1.82, 2.24) is 0 Å². The SMILES string of the molecule is CC[C@H](C(=O)Nc1cccc(SC)c1)N(c1cc(Cl)cc(Cl)c1)S(C)(=O)=O. The van der Waals surface area contributed by atoms with Crippen molar-refractivity contribution in [3.05, 3.63) is 52.5 Å². The van der Waals surface area contributed by atoms with E-state index in [1.54, 1.807) is 24.8 Å². The minimum atomic E-state index is -3.76. The van der Waals surface area contributed by atoms with Crippen LogP contribution in [0.4, 0.5) is 11.4 Å². The Morgan fingerprint density at radius 3 is 2.33 bits per heavy atom. The van der Waals surface area contributed by atoms with Gasteiger partial charge in [0.1, 0.15) is 6.04 Å². The number of amides is 1. The molecule has 2 aromatic carbocycles. The van der Waals surface area contributed by atoms with Gasteiger partial charge in [-0.2, -0.15) is 0 Å². The molecule has 0 heterocycles. The molecule has 1 atom stereocenters. The Morgan fingerprint density at radius 1 is 1.19 bits per heavy atom. The van der Waals surface area contributed by atoms with E-state index in [9.17, 15) is 13.2 Å². The summed E-state index contributed by atoms with van der Waals surface area (Å²) < 4.78 is 26.0. The van der Waals surface area contributed by atoms with Crippen molar-refractivity contribution in [1.29, 1.82) is 0 Å². The minimum Gasteiger partial charge on any atom is -0.324 e. The summed E-state index contributed by atoms with van der Waals surface area (Å²) in [5.74, 6) is -0.433. The molecule has 0 aliphatic carbocycles. The van der Waals surface area contributed by atoms with Gasteiger partial charge in [-0.3, -0.25) is 9.10 Å². The summed E-state index contributed by atoms with van der Waals surface area (Å²) in [5.41, 5.74) is 0.845. The Hall–Kier alpha value is -1.41. The number of sulfonamides is 1. The van der Waals surface area contributed by atoms with Gasteiger partial charge in [0.15, 0.2) is 0 Å². The van der Waals surface area contributed by atoms with E-state index < -0.39 is 22.0 Å². The van der Waals surface area contributed by atoms with Gasteiger partial charge in [-0.1, -0.05) is 36.2 Å². The van der Waals surface area contributed by atoms with Crippen LogP contribution in [0, 0.1) is 0 Å². The van der Waals surface area contributed by atoms with Crippen molar-refractivity contribution in [3.8, 4) is 0 Å². The Morgan fingerprint density at radius 2 is 1.81 bits per heavy atom. The smallest absolute Gasteiger partial charge is 0.248 e. The van der Waals surface area contributed by atoms with Crippen LogP contribution < -0.4 is 9.62 Å². The van der Waals surface area contributed by atoms with Crippen molar-refractivity contribution < 1.29 is 13.2 Å². The van der Waals surface area contributed by atoms with Crippen molar-refractivity contribution >= 4 is 62.3 Å². The zero-order valence-electron chi connectivity index (χ0n) is 15.1. The predicted molar refractivity (Wildman–Crippen MR) is 115 cm³/mol. The number of halogens is 2. The summed E-state index contributed by atoms with van der Waals surface area (Å²) in [4.78, 5) is 13.9. The molecule has 146 valence electrons. The number of carbonyl (C=O) groups excluding carboxylic acids is 1. The lowest BCUT2D eigenvalue weighted by molar-refractivity contribution is -0.117. The first-order chi connectivity index (χ1) is 12.7. The summed E-state index contributed by atoms with van der Waals surface area (Å²) in [6.45, 7) is 1.74. The number of thioether (sulfide) groups is 1. The normalized spacial score (nSPS) is 12.5. The van der Waals surface area contributed by atoms with Gasteiger partial charge in [0.05, 0.1) is 11.9 Å². The Bertz CT molecular complexity index is 916. The molecule has 0 radical (unpaired) electrons. The molecule has 0 unspecified atom stereocenters. The number of nitrogens with zero attached hydrogens (tertiary/aromatic N) is 1. The van der Waals surface area contributed by atoms with Gasteiger partial charge in [-0.15, -0.1) is 11.8 Å². The number of anilines is 2. The van der Waals surface area contributed by atoms with E-state index in [4.69, 9.17) is 23.2 Å². The van der Waals surface area contributed by atoms with E-state index in [2.05, 4.69) is 5.32 Å². The van der Waals surface area contributed by atoms with E-state index in [0.717, 1.165) is 15.5 Å². The number of hydrogen-bond acceptors (Lipinski definition) is 4. The molecule has 0 aliphatic rings. The lowest BCUT2D eigenvalue weighted by Gasteiger charge is -2.30. The van der Waals surface area contributed by atoms with Crippen LogP contribution in [0.25, 0.3) is 0 Å². The quantitative estimate of drug-likeness (QED) is 0.614. The fourth-order valence-corrected chi connectivity index (χ4v) is 4.82. The van der Waals surface area contributed by atoms with Crippen LogP contribution in [0.2, 0.25) is 10.0 Å². The third kappa shape index (κ3) is 5.78. The van der Waals surface area contributed by atoms with Crippen LogP contribution in [0.15, 0.2) is 47.4 Å². The summed E-state index contributed by atoms with van der Waals surface area (Å²) in [7, 11) is -3.76. The average Bonchev–Trinajstić information content (AvgIpc) is 2.57. The van der Waals surface area contributed by atoms with Crippen molar-refractivity contribution in [2.75, 3.05) is 22.1 Å². The van der Waals surface area contributed by atoms with E-state index >= 15 is 0 Å². The Balaban J connectivity index is 2.41. The number of carbonyl (C=O) groups is 1. The van der Waals surface area contributed by atoms with E-state index in [1.807, 2.05) is 24.5 Å². The molecule has 1 amide bonds. The third-order valence-electron chi connectivity index (χ3n) is 3.77. The maximum atomic E-state index is 12.9. The molecule has 1 N–H and O–H groups in total. The molecule has 5 nitrogen and oxygen atoms in total. The lowest BCUT2D eigenvalue weighted by Crippen LogP contribution is -2.47. The lowest BCUT2D eigenvalue weighted by atomic mass is 10.2. The molecule has 9 heteroatoms. The van der Waals surface area contributed by atoms with Crippen LogP contribution in [0.5, 0.6) is 0 Å². The van der Waals surface area contributed by atoms with Crippen LogP contribution in [-0.2, 0) is 14.8 Å². The van der Waals surface area contributed by atoms with Gasteiger partial charge in [-0.25, -0.2) is 8.42 Å². The monoisotopic (exact) mass is 446 g/mol. The number of nitrogens with one attached hydrogen (secondary N) is 1. The Kier molecular flexibility index (Phi) is 7.45. The van der Waals surface area contributed by atoms with Gasteiger partial charge >= 0.3 is 0 Å². The predicted octanol–water partition coefficient (Wildman–Crippen LogP) is 4.90. The van der Waals surface area contributed by atoms with Gasteiger partial charge < -0.3 is 5.32 Å². The fraction of sp³-hybridized carbons (Fsp3) is 0.278. The molecule has 0 fully saturated rings. The first kappa shape index (κ1) is 21.9. The molecular formula is C18H20Cl2N2O3S2. The van der Waals surface area contributed by atoms with Crippen LogP contribution in [0.1, 0.15) is 13.3 Å². The summed E-state index contributed by atoms with van der Waals surface area (Å²) in [6, 6.07) is 10.8. The first-order valence-electron chi connectivity index (χ1n) is 8.06. The second-order valence-corrected chi connectivity index (χ2v) is 9.44. The summed E-state index contributed by atoms with van der Waals surface area (Å²) in [6.07, 6.45) is 3.25. The zero-order chi connectivity index (χ0) is 20.2. The largest absolute Gasteiger partial charge is 0.324 e. The molecule has 2 rings (SSSR count). The second kappa shape index (κ2) is 9.19.